The smallest absolute Gasteiger partial charge is 0.281 e. The third-order valence-electron chi connectivity index (χ3n) is 6.17. The van der Waals surface area contributed by atoms with Gasteiger partial charge in [0.15, 0.2) is 0 Å². The zero-order chi connectivity index (χ0) is 22.8. The van der Waals surface area contributed by atoms with E-state index >= 15 is 0 Å². The van der Waals surface area contributed by atoms with Gasteiger partial charge in [0.25, 0.3) is 5.56 Å². The Bertz CT molecular complexity index is 1310. The van der Waals surface area contributed by atoms with Gasteiger partial charge in [0.2, 0.25) is 5.91 Å². The number of nitrogens with zero attached hydrogens (tertiary/aromatic N) is 3. The summed E-state index contributed by atoms with van der Waals surface area (Å²) in [6.07, 6.45) is 1.71. The molecule has 2 aromatic heterocycles. The molecule has 0 saturated carbocycles. The number of hydrogen-bond acceptors (Lipinski definition) is 3. The fraction of sp³-hybridized carbons (Fsp3) is 0.269. The maximum absolute atomic E-state index is 13.3. The normalized spacial score (nSPS) is 13.1. The van der Waals surface area contributed by atoms with E-state index in [2.05, 4.69) is 29.5 Å². The molecular formula is C26H28N4O2. The molecule has 0 radical (unpaired) electrons. The molecule has 2 aromatic carbocycles. The minimum Gasteiger partial charge on any atom is -0.354 e. The Hall–Kier alpha value is -3.67. The molecule has 0 aliphatic heterocycles. The van der Waals surface area contributed by atoms with Crippen molar-refractivity contribution in [2.75, 3.05) is 6.54 Å². The summed E-state index contributed by atoms with van der Waals surface area (Å²) in [5.41, 5.74) is 3.35. The molecule has 0 bridgehead atoms. The summed E-state index contributed by atoms with van der Waals surface area (Å²) in [6, 6.07) is 19.0. The Morgan fingerprint density at radius 1 is 0.969 bits per heavy atom. The van der Waals surface area contributed by atoms with Crippen molar-refractivity contribution in [2.24, 2.45) is 0 Å². The van der Waals surface area contributed by atoms with Gasteiger partial charge in [-0.15, -0.1) is 0 Å². The number of para-hydroxylation sites is 1. The highest BCUT2D eigenvalue weighted by atomic mass is 16.2. The van der Waals surface area contributed by atoms with E-state index in [4.69, 9.17) is 0 Å². The maximum Gasteiger partial charge on any atom is 0.281 e. The Kier molecular flexibility index (Phi) is 5.95. The summed E-state index contributed by atoms with van der Waals surface area (Å²) < 4.78 is 3.34. The van der Waals surface area contributed by atoms with E-state index in [0.29, 0.717) is 17.6 Å². The van der Waals surface area contributed by atoms with Crippen molar-refractivity contribution >= 4 is 16.7 Å². The van der Waals surface area contributed by atoms with Gasteiger partial charge in [-0.1, -0.05) is 55.5 Å². The Morgan fingerprint density at radius 3 is 2.25 bits per heavy atom. The van der Waals surface area contributed by atoms with Crippen molar-refractivity contribution in [1.82, 2.24) is 19.7 Å². The first-order chi connectivity index (χ1) is 15.4. The van der Waals surface area contributed by atoms with Crippen LogP contribution in [0.5, 0.6) is 0 Å². The SMILES string of the molecule is Cc1c2cnn(-c3ccccc3)c(=O)c2c(C)n1[C@H](C)C(=O)NC[C@H](C)c1ccccc1. The van der Waals surface area contributed by atoms with Crippen LogP contribution in [0.4, 0.5) is 0 Å². The van der Waals surface area contributed by atoms with Crippen LogP contribution in [0.1, 0.15) is 42.8 Å². The molecule has 1 N–H and O–H groups in total. The first kappa shape index (κ1) is 21.6. The second-order valence-electron chi connectivity index (χ2n) is 8.26. The van der Waals surface area contributed by atoms with Crippen molar-refractivity contribution in [2.45, 2.75) is 39.7 Å². The number of carbonyl (C=O) groups excluding carboxylic acids is 1. The van der Waals surface area contributed by atoms with Gasteiger partial charge in [0, 0.05) is 23.3 Å². The number of rotatable bonds is 6. The number of fused-ring (bicyclic) bond motifs is 1. The van der Waals surface area contributed by atoms with E-state index in [0.717, 1.165) is 16.8 Å². The molecule has 1 amide bonds. The third-order valence-corrected chi connectivity index (χ3v) is 6.17. The minimum atomic E-state index is -0.449. The van der Waals surface area contributed by atoms with Crippen molar-refractivity contribution in [3.8, 4) is 5.69 Å². The largest absolute Gasteiger partial charge is 0.354 e. The zero-order valence-corrected chi connectivity index (χ0v) is 18.9. The van der Waals surface area contributed by atoms with Gasteiger partial charge in [-0.25, -0.2) is 0 Å². The summed E-state index contributed by atoms with van der Waals surface area (Å²) in [5.74, 6) is 0.135. The van der Waals surface area contributed by atoms with E-state index in [-0.39, 0.29) is 17.4 Å². The van der Waals surface area contributed by atoms with Gasteiger partial charge in [0.1, 0.15) is 6.04 Å². The second kappa shape index (κ2) is 8.83. The lowest BCUT2D eigenvalue weighted by Gasteiger charge is -2.20. The van der Waals surface area contributed by atoms with Gasteiger partial charge < -0.3 is 9.88 Å². The van der Waals surface area contributed by atoms with Crippen LogP contribution in [0.3, 0.4) is 0 Å². The quantitative estimate of drug-likeness (QED) is 0.498. The number of carbonyl (C=O) groups is 1. The van der Waals surface area contributed by atoms with Gasteiger partial charge in [-0.3, -0.25) is 9.59 Å². The van der Waals surface area contributed by atoms with Crippen LogP contribution in [-0.2, 0) is 4.79 Å². The molecule has 4 aromatic rings. The Balaban J connectivity index is 1.63. The first-order valence-corrected chi connectivity index (χ1v) is 10.9. The third kappa shape index (κ3) is 3.84. The molecule has 2 heterocycles. The van der Waals surface area contributed by atoms with E-state index in [9.17, 15) is 9.59 Å². The topological polar surface area (TPSA) is 68.9 Å². The number of aryl methyl sites for hydroxylation is 2. The van der Waals surface area contributed by atoms with Crippen LogP contribution in [0, 0.1) is 13.8 Å². The summed E-state index contributed by atoms with van der Waals surface area (Å²) in [5, 5.41) is 8.82. The fourth-order valence-electron chi connectivity index (χ4n) is 4.33. The predicted octanol–water partition coefficient (Wildman–Crippen LogP) is 4.28. The van der Waals surface area contributed by atoms with E-state index in [1.165, 1.54) is 10.2 Å². The molecule has 0 aliphatic rings. The summed E-state index contributed by atoms with van der Waals surface area (Å²) in [6.45, 7) is 8.33. The lowest BCUT2D eigenvalue weighted by atomic mass is 10.0. The lowest BCUT2D eigenvalue weighted by Crippen LogP contribution is -2.34. The van der Waals surface area contributed by atoms with E-state index in [1.807, 2.05) is 73.9 Å². The van der Waals surface area contributed by atoms with Gasteiger partial charge in [-0.2, -0.15) is 9.78 Å². The number of nitrogens with one attached hydrogen (secondary N) is 1. The number of benzene rings is 2. The van der Waals surface area contributed by atoms with Crippen molar-refractivity contribution < 1.29 is 4.79 Å². The molecule has 0 unspecified atom stereocenters. The van der Waals surface area contributed by atoms with Crippen LogP contribution in [0.15, 0.2) is 71.7 Å². The highest BCUT2D eigenvalue weighted by molar-refractivity contribution is 5.89. The summed E-state index contributed by atoms with van der Waals surface area (Å²) in [4.78, 5) is 26.3. The molecule has 32 heavy (non-hydrogen) atoms. The van der Waals surface area contributed by atoms with Crippen LogP contribution in [0.2, 0.25) is 0 Å². The van der Waals surface area contributed by atoms with E-state index < -0.39 is 6.04 Å². The number of hydrogen-bond donors (Lipinski definition) is 1. The van der Waals surface area contributed by atoms with Crippen LogP contribution in [-0.4, -0.2) is 26.8 Å². The molecular weight excluding hydrogens is 400 g/mol. The van der Waals surface area contributed by atoms with Gasteiger partial charge in [0.05, 0.1) is 17.3 Å². The van der Waals surface area contributed by atoms with Crippen LogP contribution >= 0.6 is 0 Å². The van der Waals surface area contributed by atoms with Gasteiger partial charge in [-0.05, 0) is 44.4 Å². The molecule has 4 rings (SSSR count). The number of amides is 1. The molecule has 6 heteroatoms. The highest BCUT2D eigenvalue weighted by Crippen LogP contribution is 2.26. The first-order valence-electron chi connectivity index (χ1n) is 10.9. The average Bonchev–Trinajstić information content (AvgIpc) is 3.08. The monoisotopic (exact) mass is 428 g/mol. The minimum absolute atomic E-state index is 0.0735. The zero-order valence-electron chi connectivity index (χ0n) is 18.9. The average molecular weight is 429 g/mol. The summed E-state index contributed by atoms with van der Waals surface area (Å²) in [7, 11) is 0. The maximum atomic E-state index is 13.3. The van der Waals surface area contributed by atoms with Crippen LogP contribution < -0.4 is 10.9 Å². The van der Waals surface area contributed by atoms with Crippen molar-refractivity contribution in [3.05, 3.63) is 94.2 Å². The molecule has 6 nitrogen and oxygen atoms in total. The highest BCUT2D eigenvalue weighted by Gasteiger charge is 2.24. The molecule has 0 spiro atoms. The van der Waals surface area contributed by atoms with Crippen molar-refractivity contribution in [3.63, 3.8) is 0 Å². The van der Waals surface area contributed by atoms with Crippen molar-refractivity contribution in [1.29, 1.82) is 0 Å². The standard InChI is InChI=1S/C26H28N4O2/c1-17(21-11-7-5-8-12-21)15-27-25(31)20(4)29-18(2)23-16-28-30(22-13-9-6-10-14-22)26(32)24(23)19(29)3/h5-14,16-17,20H,15H2,1-4H3,(H,27,31)/t17-,20+/m0/s1. The Labute approximate surface area is 187 Å². The number of aromatic nitrogens is 3. The molecule has 0 aliphatic carbocycles. The summed E-state index contributed by atoms with van der Waals surface area (Å²) >= 11 is 0. The Morgan fingerprint density at radius 2 is 1.59 bits per heavy atom. The van der Waals surface area contributed by atoms with E-state index in [1.54, 1.807) is 6.20 Å². The fourth-order valence-corrected chi connectivity index (χ4v) is 4.33. The lowest BCUT2D eigenvalue weighted by molar-refractivity contribution is -0.124. The van der Waals surface area contributed by atoms with Gasteiger partial charge >= 0.3 is 0 Å². The van der Waals surface area contributed by atoms with Crippen LogP contribution in [0.25, 0.3) is 16.5 Å². The molecule has 0 saturated heterocycles. The molecule has 0 fully saturated rings. The second-order valence-corrected chi connectivity index (χ2v) is 8.26. The molecule has 2 atom stereocenters. The molecule has 164 valence electrons. The predicted molar refractivity (Wildman–Crippen MR) is 127 cm³/mol.